The third kappa shape index (κ3) is 3.79. The molecule has 0 spiro atoms. The van der Waals surface area contributed by atoms with E-state index in [1.807, 2.05) is 23.5 Å². The number of benzene rings is 7. The molecule has 228 valence electrons. The van der Waals surface area contributed by atoms with E-state index in [2.05, 4.69) is 155 Å². The van der Waals surface area contributed by atoms with Crippen LogP contribution < -0.4 is 0 Å². The molecule has 11 aromatic rings. The minimum absolute atomic E-state index is 0.827. The Hall–Kier alpha value is -6.30. The monoisotopic (exact) mass is 642 g/mol. The lowest BCUT2D eigenvalue weighted by Gasteiger charge is -2.15. The fourth-order valence-corrected chi connectivity index (χ4v) is 8.97. The quantitative estimate of drug-likeness (QED) is 0.192. The molecular formula is C44H26N4S. The summed E-state index contributed by atoms with van der Waals surface area (Å²) in [5.41, 5.74) is 9.31. The second-order valence-electron chi connectivity index (χ2n) is 12.6. The zero-order chi connectivity index (χ0) is 32.1. The van der Waals surface area contributed by atoms with Crippen LogP contribution in [0.3, 0.4) is 0 Å². The maximum absolute atomic E-state index is 5.43. The van der Waals surface area contributed by atoms with Crippen LogP contribution in [0.25, 0.3) is 97.6 Å². The van der Waals surface area contributed by atoms with Crippen molar-refractivity contribution in [2.24, 2.45) is 0 Å². The maximum Gasteiger partial charge on any atom is 0.165 e. The third-order valence-electron chi connectivity index (χ3n) is 9.90. The number of hydrogen-bond acceptors (Lipinski definition) is 3. The number of hydrogen-bond donors (Lipinski definition) is 0. The Bertz CT molecular complexity index is 3110. The largest absolute Gasteiger partial charge is 0.309 e. The van der Waals surface area contributed by atoms with Gasteiger partial charge in [0.15, 0.2) is 5.82 Å². The molecule has 49 heavy (non-hydrogen) atoms. The van der Waals surface area contributed by atoms with Gasteiger partial charge in [0.05, 0.1) is 33.1 Å². The predicted molar refractivity (Wildman–Crippen MR) is 207 cm³/mol. The molecule has 0 radical (unpaired) electrons. The normalized spacial score (nSPS) is 12.1. The third-order valence-corrected chi connectivity index (χ3v) is 11.0. The summed E-state index contributed by atoms with van der Waals surface area (Å²) >= 11 is 1.83. The number of nitrogens with zero attached hydrogens (tertiary/aromatic N) is 4. The van der Waals surface area contributed by atoms with E-state index >= 15 is 0 Å². The molecule has 4 heterocycles. The van der Waals surface area contributed by atoms with Gasteiger partial charge in [-0.3, -0.25) is 4.57 Å². The molecule has 4 aromatic heterocycles. The van der Waals surface area contributed by atoms with Crippen molar-refractivity contribution in [3.63, 3.8) is 0 Å². The van der Waals surface area contributed by atoms with E-state index in [1.54, 1.807) is 0 Å². The van der Waals surface area contributed by atoms with Gasteiger partial charge in [-0.05, 0) is 66.0 Å². The SMILES string of the molecule is c1ccc(-n2c3ccccc3c3cccc4c3c3c2cccc3n4-c2nc3ccccc3nc2-c2ccc3c(c2)sc2ccccc23)cc1. The van der Waals surface area contributed by atoms with Crippen LogP contribution in [0.4, 0.5) is 0 Å². The van der Waals surface area contributed by atoms with E-state index in [4.69, 9.17) is 9.97 Å². The lowest BCUT2D eigenvalue weighted by atomic mass is 10.1. The topological polar surface area (TPSA) is 35.6 Å². The number of rotatable bonds is 3. The van der Waals surface area contributed by atoms with Gasteiger partial charge in [-0.1, -0.05) is 97.1 Å². The molecule has 5 heteroatoms. The standard InChI is InChI=1S/C44H26N4S/c1-2-12-28(13-3-1)47-35-19-8-4-14-29(35)32-16-10-20-36-41(32)42-37(47)21-11-22-38(42)48(36)44-43(45-33-17-6-7-18-34(33)46-44)27-24-25-31-30-15-5-9-23-39(30)49-40(31)26-27/h1-26H. The molecule has 0 bridgehead atoms. The van der Waals surface area contributed by atoms with Crippen LogP contribution in [-0.2, 0) is 0 Å². The van der Waals surface area contributed by atoms with Gasteiger partial charge < -0.3 is 4.57 Å². The van der Waals surface area contributed by atoms with Crippen LogP contribution in [0.2, 0.25) is 0 Å². The van der Waals surface area contributed by atoms with E-state index in [-0.39, 0.29) is 0 Å². The summed E-state index contributed by atoms with van der Waals surface area (Å²) in [4.78, 5) is 10.8. The number of aromatic nitrogens is 4. The van der Waals surface area contributed by atoms with Crippen molar-refractivity contribution >= 4 is 86.2 Å². The van der Waals surface area contributed by atoms with Crippen molar-refractivity contribution in [3.05, 3.63) is 158 Å². The molecule has 0 unspecified atom stereocenters. The van der Waals surface area contributed by atoms with Crippen LogP contribution in [0.1, 0.15) is 0 Å². The van der Waals surface area contributed by atoms with Gasteiger partial charge in [0.2, 0.25) is 0 Å². The molecular weight excluding hydrogens is 617 g/mol. The highest BCUT2D eigenvalue weighted by molar-refractivity contribution is 7.25. The van der Waals surface area contributed by atoms with Crippen molar-refractivity contribution in [1.29, 1.82) is 0 Å². The Kier molecular flexibility index (Phi) is 5.51. The molecule has 0 aliphatic rings. The van der Waals surface area contributed by atoms with Gasteiger partial charge in [-0.25, -0.2) is 9.97 Å². The zero-order valence-electron chi connectivity index (χ0n) is 26.2. The summed E-state index contributed by atoms with van der Waals surface area (Å²) in [5.74, 6) is 0.827. The van der Waals surface area contributed by atoms with Crippen LogP contribution in [-0.4, -0.2) is 19.1 Å². The molecule has 0 fully saturated rings. The molecule has 11 rings (SSSR count). The van der Waals surface area contributed by atoms with Gasteiger partial charge >= 0.3 is 0 Å². The van der Waals surface area contributed by atoms with Gasteiger partial charge in [-0.15, -0.1) is 11.3 Å². The van der Waals surface area contributed by atoms with Crippen molar-refractivity contribution in [2.45, 2.75) is 0 Å². The second-order valence-corrected chi connectivity index (χ2v) is 13.7. The molecule has 0 N–H and O–H groups in total. The van der Waals surface area contributed by atoms with Crippen molar-refractivity contribution in [2.75, 3.05) is 0 Å². The van der Waals surface area contributed by atoms with E-state index in [0.717, 1.165) is 50.3 Å². The molecule has 0 aliphatic carbocycles. The molecule has 4 nitrogen and oxygen atoms in total. The van der Waals surface area contributed by atoms with Crippen molar-refractivity contribution in [3.8, 4) is 22.8 Å². The van der Waals surface area contributed by atoms with E-state index < -0.39 is 0 Å². The Morgan fingerprint density at radius 2 is 1.02 bits per heavy atom. The first-order chi connectivity index (χ1) is 24.3. The second kappa shape index (κ2) is 10.1. The highest BCUT2D eigenvalue weighted by atomic mass is 32.1. The van der Waals surface area contributed by atoms with E-state index in [9.17, 15) is 0 Å². The average Bonchev–Trinajstić information content (AvgIpc) is 3.67. The number of thiophene rings is 1. The molecule has 0 amide bonds. The smallest absolute Gasteiger partial charge is 0.165 e. The van der Waals surface area contributed by atoms with Gasteiger partial charge in [0, 0.05) is 47.6 Å². The summed E-state index contributed by atoms with van der Waals surface area (Å²) in [6, 6.07) is 56.4. The first-order valence-electron chi connectivity index (χ1n) is 16.5. The van der Waals surface area contributed by atoms with Crippen LogP contribution >= 0.6 is 11.3 Å². The first-order valence-corrected chi connectivity index (χ1v) is 17.3. The van der Waals surface area contributed by atoms with Gasteiger partial charge in [0.25, 0.3) is 0 Å². The highest BCUT2D eigenvalue weighted by Crippen LogP contribution is 2.43. The summed E-state index contributed by atoms with van der Waals surface area (Å²) in [5, 5.41) is 7.40. The Morgan fingerprint density at radius 1 is 0.408 bits per heavy atom. The number of para-hydroxylation sites is 4. The predicted octanol–water partition coefficient (Wildman–Crippen LogP) is 11.9. The van der Waals surface area contributed by atoms with E-state index in [1.165, 1.54) is 47.2 Å². The maximum atomic E-state index is 5.43. The average molecular weight is 643 g/mol. The fraction of sp³-hybridized carbons (Fsp3) is 0. The highest BCUT2D eigenvalue weighted by Gasteiger charge is 2.23. The summed E-state index contributed by atoms with van der Waals surface area (Å²) in [6.45, 7) is 0. The minimum Gasteiger partial charge on any atom is -0.309 e. The van der Waals surface area contributed by atoms with Crippen molar-refractivity contribution < 1.29 is 0 Å². The number of fused-ring (bicyclic) bond motifs is 6. The minimum atomic E-state index is 0.827. The Morgan fingerprint density at radius 3 is 1.88 bits per heavy atom. The molecule has 0 saturated heterocycles. The van der Waals surface area contributed by atoms with Crippen LogP contribution in [0.15, 0.2) is 158 Å². The van der Waals surface area contributed by atoms with E-state index in [0.29, 0.717) is 0 Å². The van der Waals surface area contributed by atoms with Gasteiger partial charge in [0.1, 0.15) is 5.69 Å². The Balaban J connectivity index is 1.31. The molecule has 0 aliphatic heterocycles. The van der Waals surface area contributed by atoms with Crippen molar-refractivity contribution in [1.82, 2.24) is 19.1 Å². The Labute approximate surface area is 284 Å². The first kappa shape index (κ1) is 26.7. The van der Waals surface area contributed by atoms with Crippen LogP contribution in [0.5, 0.6) is 0 Å². The van der Waals surface area contributed by atoms with Crippen LogP contribution in [0, 0.1) is 0 Å². The lowest BCUT2D eigenvalue weighted by Crippen LogP contribution is -2.04. The fourth-order valence-electron chi connectivity index (χ4n) is 7.82. The summed E-state index contributed by atoms with van der Waals surface area (Å²) in [7, 11) is 0. The molecule has 7 aromatic carbocycles. The zero-order valence-corrected chi connectivity index (χ0v) is 27.0. The lowest BCUT2D eigenvalue weighted by molar-refractivity contribution is 1.08. The molecule has 0 atom stereocenters. The summed E-state index contributed by atoms with van der Waals surface area (Å²) < 4.78 is 7.29. The van der Waals surface area contributed by atoms with Gasteiger partial charge in [-0.2, -0.15) is 0 Å². The molecule has 0 saturated carbocycles. The summed E-state index contributed by atoms with van der Waals surface area (Å²) in [6.07, 6.45) is 0.